The van der Waals surface area contributed by atoms with Crippen LogP contribution in [0.1, 0.15) is 47.1 Å². The number of carbonyl (C=O) groups is 1. The fraction of sp³-hybridized carbons (Fsp3) is 0.292. The number of H-pyrrole nitrogens is 1. The molecule has 168 valence electrons. The predicted molar refractivity (Wildman–Crippen MR) is 123 cm³/mol. The van der Waals surface area contributed by atoms with Gasteiger partial charge < -0.3 is 4.90 Å². The van der Waals surface area contributed by atoms with Crippen LogP contribution in [0, 0.1) is 0 Å². The molecule has 1 fully saturated rings. The third-order valence-electron chi connectivity index (χ3n) is 6.22. The molecule has 0 radical (unpaired) electrons. The Morgan fingerprint density at radius 1 is 1.09 bits per heavy atom. The Balaban J connectivity index is 1.63. The molecule has 0 spiro atoms. The van der Waals surface area contributed by atoms with Gasteiger partial charge in [0, 0.05) is 19.8 Å². The molecule has 1 unspecified atom stereocenters. The van der Waals surface area contributed by atoms with Crippen molar-refractivity contribution in [2.75, 3.05) is 6.54 Å². The quantitative estimate of drug-likeness (QED) is 0.520. The van der Waals surface area contributed by atoms with Crippen molar-refractivity contribution < 1.29 is 4.79 Å². The summed E-state index contributed by atoms with van der Waals surface area (Å²) < 4.78 is 2.64. The van der Waals surface area contributed by atoms with E-state index in [1.807, 2.05) is 30.3 Å². The predicted octanol–water partition coefficient (Wildman–Crippen LogP) is 2.23. The number of rotatable bonds is 4. The van der Waals surface area contributed by atoms with Crippen molar-refractivity contribution >= 4 is 16.9 Å². The molecule has 1 aliphatic rings. The number of pyridine rings is 1. The van der Waals surface area contributed by atoms with Crippen molar-refractivity contribution in [3.05, 3.63) is 92.5 Å². The van der Waals surface area contributed by atoms with Crippen molar-refractivity contribution in [2.24, 2.45) is 7.05 Å². The van der Waals surface area contributed by atoms with E-state index in [1.54, 1.807) is 29.3 Å². The van der Waals surface area contributed by atoms with Crippen molar-refractivity contribution in [1.82, 2.24) is 29.2 Å². The number of fused-ring (bicyclic) bond motifs is 1. The van der Waals surface area contributed by atoms with Crippen LogP contribution < -0.4 is 11.2 Å². The molecule has 3 aromatic heterocycles. The number of piperidine rings is 1. The van der Waals surface area contributed by atoms with E-state index in [0.29, 0.717) is 35.5 Å². The number of carbonyl (C=O) groups excluding carboxylic acids is 1. The van der Waals surface area contributed by atoms with Crippen LogP contribution in [0.2, 0.25) is 0 Å². The Bertz CT molecular complexity index is 1420. The minimum atomic E-state index is -0.421. The lowest BCUT2D eigenvalue weighted by atomic mass is 9.98. The Morgan fingerprint density at radius 3 is 2.67 bits per heavy atom. The number of benzene rings is 1. The van der Waals surface area contributed by atoms with Gasteiger partial charge in [-0.1, -0.05) is 30.3 Å². The summed E-state index contributed by atoms with van der Waals surface area (Å²) in [6, 6.07) is 14.5. The van der Waals surface area contributed by atoms with Gasteiger partial charge in [-0.2, -0.15) is 5.10 Å². The maximum absolute atomic E-state index is 13.1. The highest BCUT2D eigenvalue weighted by Gasteiger charge is 2.30. The van der Waals surface area contributed by atoms with Crippen LogP contribution >= 0.6 is 0 Å². The molecule has 33 heavy (non-hydrogen) atoms. The lowest BCUT2D eigenvalue weighted by Gasteiger charge is -2.35. The molecule has 4 heterocycles. The number of aromatic nitrogens is 5. The standard InChI is InChI=1S/C24H24N6O3/c1-28-22(31)17-10-11-18(20-9-5-6-14-29(20)23(32)19-12-13-25-27-19)26-21(17)30(24(28)33)15-16-7-3-2-4-8-16/h2-4,7-8,10-13,20H,5-6,9,14-15H2,1H3,(H,25,27). The Kier molecular flexibility index (Phi) is 5.37. The number of hydrogen-bond donors (Lipinski definition) is 1. The smallest absolute Gasteiger partial charge is 0.329 e. The highest BCUT2D eigenvalue weighted by atomic mass is 16.2. The summed E-state index contributed by atoms with van der Waals surface area (Å²) in [5.41, 5.74) is 1.56. The third-order valence-corrected chi connectivity index (χ3v) is 6.22. The number of likely N-dealkylation sites (tertiary alicyclic amines) is 1. The lowest BCUT2D eigenvalue weighted by molar-refractivity contribution is 0.0600. The van der Waals surface area contributed by atoms with Crippen LogP contribution in [0.4, 0.5) is 0 Å². The molecule has 5 rings (SSSR count). The van der Waals surface area contributed by atoms with Gasteiger partial charge in [0.25, 0.3) is 11.5 Å². The van der Waals surface area contributed by atoms with Crippen LogP contribution in [0.25, 0.3) is 11.0 Å². The van der Waals surface area contributed by atoms with E-state index in [1.165, 1.54) is 11.6 Å². The van der Waals surface area contributed by atoms with E-state index in [9.17, 15) is 14.4 Å². The zero-order chi connectivity index (χ0) is 22.9. The topological polar surface area (TPSA) is 106 Å². The second kappa shape index (κ2) is 8.50. The molecule has 1 atom stereocenters. The summed E-state index contributed by atoms with van der Waals surface area (Å²) in [5.74, 6) is -0.134. The average molecular weight is 444 g/mol. The van der Waals surface area contributed by atoms with Gasteiger partial charge in [-0.15, -0.1) is 0 Å². The van der Waals surface area contributed by atoms with E-state index in [0.717, 1.165) is 29.4 Å². The van der Waals surface area contributed by atoms with Crippen LogP contribution in [-0.2, 0) is 13.6 Å². The zero-order valence-corrected chi connectivity index (χ0v) is 18.3. The van der Waals surface area contributed by atoms with Crippen molar-refractivity contribution in [3.8, 4) is 0 Å². The first-order valence-electron chi connectivity index (χ1n) is 11.0. The molecule has 9 nitrogen and oxygen atoms in total. The molecule has 4 aromatic rings. The van der Waals surface area contributed by atoms with Gasteiger partial charge in [0.2, 0.25) is 0 Å². The van der Waals surface area contributed by atoms with Crippen LogP contribution in [0.3, 0.4) is 0 Å². The molecule has 0 aliphatic carbocycles. The molecule has 1 aromatic carbocycles. The summed E-state index contributed by atoms with van der Waals surface area (Å²) in [7, 11) is 1.48. The first kappa shape index (κ1) is 20.9. The van der Waals surface area contributed by atoms with Crippen LogP contribution in [0.15, 0.2) is 64.3 Å². The van der Waals surface area contributed by atoms with Gasteiger partial charge in [-0.3, -0.25) is 23.8 Å². The fourth-order valence-electron chi connectivity index (χ4n) is 4.48. The van der Waals surface area contributed by atoms with Gasteiger partial charge in [-0.25, -0.2) is 9.78 Å². The third kappa shape index (κ3) is 3.75. The van der Waals surface area contributed by atoms with Gasteiger partial charge in [0.15, 0.2) is 0 Å². The number of nitrogens with one attached hydrogen (secondary N) is 1. The van der Waals surface area contributed by atoms with Crippen molar-refractivity contribution in [2.45, 2.75) is 31.8 Å². The molecule has 1 aliphatic heterocycles. The molecule has 9 heteroatoms. The van der Waals surface area contributed by atoms with Crippen LogP contribution in [0.5, 0.6) is 0 Å². The minimum absolute atomic E-state index is 0.134. The molecule has 1 saturated heterocycles. The Labute approximate surface area is 189 Å². The van der Waals surface area contributed by atoms with Crippen molar-refractivity contribution in [1.29, 1.82) is 0 Å². The second-order valence-corrected chi connectivity index (χ2v) is 8.31. The van der Waals surface area contributed by atoms with E-state index in [2.05, 4.69) is 10.2 Å². The maximum Gasteiger partial charge on any atom is 0.332 e. The SMILES string of the molecule is Cn1c(=O)c2ccc(C3CCCCN3C(=O)c3ccn[nH]3)nc2n(Cc2ccccc2)c1=O. The monoisotopic (exact) mass is 444 g/mol. The highest BCUT2D eigenvalue weighted by molar-refractivity contribution is 5.92. The lowest BCUT2D eigenvalue weighted by Crippen LogP contribution is -2.40. The Hall–Kier alpha value is -4.01. The molecule has 1 amide bonds. The number of aromatic amines is 1. The second-order valence-electron chi connectivity index (χ2n) is 8.31. The molecular formula is C24H24N6O3. The van der Waals surface area contributed by atoms with Gasteiger partial charge in [0.1, 0.15) is 11.3 Å². The largest absolute Gasteiger partial charge is 0.332 e. The molecule has 1 N–H and O–H groups in total. The highest BCUT2D eigenvalue weighted by Crippen LogP contribution is 2.31. The summed E-state index contributed by atoms with van der Waals surface area (Å²) in [6.45, 7) is 0.901. The van der Waals surface area contributed by atoms with Gasteiger partial charge in [0.05, 0.1) is 23.7 Å². The summed E-state index contributed by atoms with van der Waals surface area (Å²) in [4.78, 5) is 45.5. The maximum atomic E-state index is 13.1. The Morgan fingerprint density at radius 2 is 1.91 bits per heavy atom. The average Bonchev–Trinajstić information content (AvgIpc) is 3.40. The summed E-state index contributed by atoms with van der Waals surface area (Å²) in [5, 5.41) is 7.01. The normalized spacial score (nSPS) is 16.3. The summed E-state index contributed by atoms with van der Waals surface area (Å²) >= 11 is 0. The number of hydrogen-bond acceptors (Lipinski definition) is 5. The summed E-state index contributed by atoms with van der Waals surface area (Å²) in [6.07, 6.45) is 4.18. The molecule has 0 saturated carbocycles. The van der Waals surface area contributed by atoms with Crippen molar-refractivity contribution in [3.63, 3.8) is 0 Å². The van der Waals surface area contributed by atoms with E-state index in [4.69, 9.17) is 4.98 Å². The minimum Gasteiger partial charge on any atom is -0.329 e. The molecular weight excluding hydrogens is 420 g/mol. The zero-order valence-electron chi connectivity index (χ0n) is 18.3. The first-order chi connectivity index (χ1) is 16.0. The first-order valence-corrected chi connectivity index (χ1v) is 11.0. The van der Waals surface area contributed by atoms with Crippen LogP contribution in [-0.4, -0.2) is 41.7 Å². The number of amides is 1. The van der Waals surface area contributed by atoms with E-state index in [-0.39, 0.29) is 17.5 Å². The van der Waals surface area contributed by atoms with Gasteiger partial charge >= 0.3 is 5.69 Å². The van der Waals surface area contributed by atoms with E-state index >= 15 is 0 Å². The van der Waals surface area contributed by atoms with Gasteiger partial charge in [-0.05, 0) is 43.0 Å². The number of nitrogens with zero attached hydrogens (tertiary/aromatic N) is 5. The molecule has 0 bridgehead atoms. The fourth-order valence-corrected chi connectivity index (χ4v) is 4.48. The van der Waals surface area contributed by atoms with E-state index < -0.39 is 5.69 Å².